The van der Waals surface area contributed by atoms with Crippen LogP contribution >= 0.6 is 0 Å². The van der Waals surface area contributed by atoms with Gasteiger partial charge in [-0.05, 0) is 51.8 Å². The van der Waals surface area contributed by atoms with Crippen LogP contribution in [0.1, 0.15) is 63.9 Å². The summed E-state index contributed by atoms with van der Waals surface area (Å²) in [7, 11) is 3.34. The number of aromatic amines is 1. The van der Waals surface area contributed by atoms with E-state index in [9.17, 15) is 9.59 Å². The third kappa shape index (κ3) is 4.91. The summed E-state index contributed by atoms with van der Waals surface area (Å²) in [6.45, 7) is 5.34. The maximum absolute atomic E-state index is 14.2. The van der Waals surface area contributed by atoms with Crippen LogP contribution < -0.4 is 10.6 Å². The van der Waals surface area contributed by atoms with Gasteiger partial charge in [-0.25, -0.2) is 0 Å². The fourth-order valence-corrected chi connectivity index (χ4v) is 6.99. The largest absolute Gasteiger partial charge is 0.379 e. The molecule has 8 heteroatoms. The minimum Gasteiger partial charge on any atom is -0.379 e. The zero-order chi connectivity index (χ0) is 26.1. The molecule has 1 aromatic heterocycles. The van der Waals surface area contributed by atoms with E-state index in [1.54, 1.807) is 21.1 Å². The molecular weight excluding hydrogens is 466 g/mol. The van der Waals surface area contributed by atoms with Crippen LogP contribution in [0, 0.1) is 0 Å². The molecule has 1 saturated carbocycles. The van der Waals surface area contributed by atoms with Crippen LogP contribution in [0.5, 0.6) is 0 Å². The third-order valence-corrected chi connectivity index (χ3v) is 9.24. The van der Waals surface area contributed by atoms with Crippen molar-refractivity contribution in [1.29, 1.82) is 0 Å². The van der Waals surface area contributed by atoms with Crippen molar-refractivity contribution in [2.24, 2.45) is 0 Å². The lowest BCUT2D eigenvalue weighted by atomic mass is 9.91. The Hall–Kier alpha value is -2.42. The molecule has 3 heterocycles. The van der Waals surface area contributed by atoms with Crippen LogP contribution in [0.4, 0.5) is 0 Å². The summed E-state index contributed by atoms with van der Waals surface area (Å²) < 4.78 is 5.59. The lowest BCUT2D eigenvalue weighted by Crippen LogP contribution is -2.58. The molecule has 2 aliphatic heterocycles. The van der Waals surface area contributed by atoms with E-state index in [4.69, 9.17) is 4.74 Å². The Kier molecular flexibility index (Phi) is 7.88. The highest BCUT2D eigenvalue weighted by Crippen LogP contribution is 2.45. The number of fused-ring (bicyclic) bond motifs is 2. The van der Waals surface area contributed by atoms with E-state index in [0.29, 0.717) is 18.6 Å². The molecule has 3 fully saturated rings. The van der Waals surface area contributed by atoms with Gasteiger partial charge >= 0.3 is 0 Å². The van der Waals surface area contributed by atoms with Crippen molar-refractivity contribution in [3.05, 3.63) is 36.0 Å². The summed E-state index contributed by atoms with van der Waals surface area (Å²) in [4.78, 5) is 35.3. The van der Waals surface area contributed by atoms with Crippen molar-refractivity contribution < 1.29 is 14.3 Å². The van der Waals surface area contributed by atoms with Crippen LogP contribution in [0.3, 0.4) is 0 Å². The summed E-state index contributed by atoms with van der Waals surface area (Å²) >= 11 is 0. The summed E-state index contributed by atoms with van der Waals surface area (Å²) in [6.07, 6.45) is 9.12. The molecule has 3 N–H and O–H groups in total. The number of carbonyl (C=O) groups excluding carboxylic acids is 2. The van der Waals surface area contributed by atoms with Crippen LogP contribution in [0.15, 0.2) is 30.5 Å². The number of benzene rings is 1. The number of nitrogens with zero attached hydrogens (tertiary/aromatic N) is 2. The topological polar surface area (TPSA) is 89.7 Å². The van der Waals surface area contributed by atoms with Crippen LogP contribution in [0.2, 0.25) is 0 Å². The average Bonchev–Trinajstić information content (AvgIpc) is 3.65. The molecule has 5 rings (SSSR count). The summed E-state index contributed by atoms with van der Waals surface area (Å²) in [5.41, 5.74) is 2.44. The zero-order valence-corrected chi connectivity index (χ0v) is 22.7. The Morgan fingerprint density at radius 1 is 1.11 bits per heavy atom. The van der Waals surface area contributed by atoms with Gasteiger partial charge in [0, 0.05) is 55.3 Å². The molecule has 3 aliphatic rings. The minimum atomic E-state index is -0.723. The molecule has 2 amide bonds. The maximum Gasteiger partial charge on any atom is 0.248 e. The fourth-order valence-electron chi connectivity index (χ4n) is 6.99. The molecule has 37 heavy (non-hydrogen) atoms. The van der Waals surface area contributed by atoms with E-state index in [1.807, 2.05) is 6.92 Å². The van der Waals surface area contributed by atoms with Gasteiger partial charge in [0.15, 0.2) is 0 Å². The molecule has 0 radical (unpaired) electrons. The Morgan fingerprint density at radius 3 is 2.59 bits per heavy atom. The van der Waals surface area contributed by atoms with Gasteiger partial charge in [0.1, 0.15) is 6.04 Å². The predicted molar refractivity (Wildman–Crippen MR) is 145 cm³/mol. The first-order valence-electron chi connectivity index (χ1n) is 14.1. The SMILES string of the molecule is CN[C@@H](C)C(=O)N[C@H](C(=O)N1CC[C@@H]2[C@H]1[C@@H](c1c[nH]c3ccccc13)CN2C1CCCCC1)[C@@H](C)OC. The quantitative estimate of drug-likeness (QED) is 0.509. The molecule has 6 atom stereocenters. The van der Waals surface area contributed by atoms with Gasteiger partial charge < -0.3 is 25.3 Å². The van der Waals surface area contributed by atoms with Gasteiger partial charge in [-0.2, -0.15) is 0 Å². The molecule has 1 aliphatic carbocycles. The van der Waals surface area contributed by atoms with Gasteiger partial charge in [-0.1, -0.05) is 37.5 Å². The van der Waals surface area contributed by atoms with Crippen LogP contribution in [0.25, 0.3) is 10.9 Å². The standard InChI is InChI=1S/C29H43N5O3/c1-18(30-3)28(35)32-26(19(2)37-4)29(36)33-15-14-25-27(33)23(17-34(25)20-10-6-5-7-11-20)22-16-31-24-13-9-8-12-21(22)24/h8-9,12-13,16,18-20,23,25-27,30-31H,5-7,10-11,14-15,17H2,1-4H3,(H,32,35)/t18-,19+,23+,25+,26-,27+/m0/s1. The molecule has 2 aromatic rings. The first-order valence-corrected chi connectivity index (χ1v) is 14.1. The third-order valence-electron chi connectivity index (χ3n) is 9.24. The number of likely N-dealkylation sites (tertiary alicyclic amines) is 2. The number of methoxy groups -OCH3 is 1. The number of hydrogen-bond donors (Lipinski definition) is 3. The van der Waals surface area contributed by atoms with Gasteiger partial charge in [0.05, 0.1) is 18.2 Å². The number of aromatic nitrogens is 1. The number of hydrogen-bond acceptors (Lipinski definition) is 5. The number of amides is 2. The predicted octanol–water partition coefficient (Wildman–Crippen LogP) is 3.00. The number of carbonyl (C=O) groups is 2. The highest BCUT2D eigenvalue weighted by molar-refractivity contribution is 5.91. The summed E-state index contributed by atoms with van der Waals surface area (Å²) in [5.74, 6) is -0.00210. The first kappa shape index (κ1) is 26.2. The van der Waals surface area contributed by atoms with Crippen LogP contribution in [-0.2, 0) is 14.3 Å². The van der Waals surface area contributed by atoms with E-state index in [1.165, 1.54) is 43.1 Å². The molecule has 1 aromatic carbocycles. The number of likely N-dealkylation sites (N-methyl/N-ethyl adjacent to an activating group) is 1. The lowest BCUT2D eigenvalue weighted by molar-refractivity contribution is -0.141. The average molecular weight is 510 g/mol. The number of ether oxygens (including phenoxy) is 1. The van der Waals surface area contributed by atoms with Crippen molar-refractivity contribution in [2.75, 3.05) is 27.2 Å². The van der Waals surface area contributed by atoms with Gasteiger partial charge in [-0.15, -0.1) is 0 Å². The Bertz CT molecular complexity index is 1100. The number of rotatable bonds is 8. The van der Waals surface area contributed by atoms with Crippen LogP contribution in [-0.4, -0.2) is 90.2 Å². The number of para-hydroxylation sites is 1. The van der Waals surface area contributed by atoms with E-state index >= 15 is 0 Å². The molecule has 0 bridgehead atoms. The van der Waals surface area contributed by atoms with Gasteiger partial charge in [0.2, 0.25) is 11.8 Å². The highest BCUT2D eigenvalue weighted by Gasteiger charge is 2.53. The van der Waals surface area contributed by atoms with E-state index in [0.717, 1.165) is 18.5 Å². The van der Waals surface area contributed by atoms with Crippen molar-refractivity contribution >= 4 is 22.7 Å². The minimum absolute atomic E-state index is 0.0335. The van der Waals surface area contributed by atoms with Crippen molar-refractivity contribution in [1.82, 2.24) is 25.4 Å². The second kappa shape index (κ2) is 11.1. The second-order valence-corrected chi connectivity index (χ2v) is 11.2. The molecule has 202 valence electrons. The molecule has 2 saturated heterocycles. The maximum atomic E-state index is 14.2. The van der Waals surface area contributed by atoms with E-state index in [-0.39, 0.29) is 23.8 Å². The Labute approximate surface area is 220 Å². The first-order chi connectivity index (χ1) is 17.9. The van der Waals surface area contributed by atoms with Crippen molar-refractivity contribution in [3.63, 3.8) is 0 Å². The van der Waals surface area contributed by atoms with Gasteiger partial charge in [0.25, 0.3) is 0 Å². The Balaban J connectivity index is 1.47. The second-order valence-electron chi connectivity index (χ2n) is 11.2. The zero-order valence-electron chi connectivity index (χ0n) is 22.7. The normalized spacial score (nSPS) is 27.2. The highest BCUT2D eigenvalue weighted by atomic mass is 16.5. The number of nitrogens with one attached hydrogen (secondary N) is 3. The smallest absolute Gasteiger partial charge is 0.248 e. The van der Waals surface area contributed by atoms with Gasteiger partial charge in [-0.3, -0.25) is 14.5 Å². The van der Waals surface area contributed by atoms with Crippen molar-refractivity contribution in [3.8, 4) is 0 Å². The molecule has 0 spiro atoms. The van der Waals surface area contributed by atoms with E-state index < -0.39 is 18.2 Å². The van der Waals surface area contributed by atoms with E-state index in [2.05, 4.69) is 55.9 Å². The Morgan fingerprint density at radius 2 is 1.86 bits per heavy atom. The molecular formula is C29H43N5O3. The lowest BCUT2D eigenvalue weighted by Gasteiger charge is -2.35. The monoisotopic (exact) mass is 509 g/mol. The summed E-state index contributed by atoms with van der Waals surface area (Å²) in [6, 6.07) is 8.37. The molecule has 0 unspecified atom stereocenters. The molecule has 8 nitrogen and oxygen atoms in total. The number of H-pyrrole nitrogens is 1. The fraction of sp³-hybridized carbons (Fsp3) is 0.655. The van der Waals surface area contributed by atoms with Crippen molar-refractivity contribution in [2.45, 2.75) is 94.6 Å². The summed E-state index contributed by atoms with van der Waals surface area (Å²) in [5, 5.41) is 7.21.